The maximum atomic E-state index is 13.1. The molecule has 4 atom stereocenters. The van der Waals surface area contributed by atoms with Crippen LogP contribution in [-0.2, 0) is 0 Å². The van der Waals surface area contributed by atoms with E-state index in [2.05, 4.69) is 26.1 Å². The number of halogens is 3. The molecule has 0 radical (unpaired) electrons. The van der Waals surface area contributed by atoms with Gasteiger partial charge in [0.05, 0.1) is 11.4 Å². The smallest absolute Gasteiger partial charge is 0.422 e. The molecule has 9 nitrogen and oxygen atoms in total. The van der Waals surface area contributed by atoms with E-state index in [-0.39, 0.29) is 24.8 Å². The average Bonchev–Trinajstić information content (AvgIpc) is 3.55. The molecule has 0 spiro atoms. The molecule has 2 saturated heterocycles. The highest BCUT2D eigenvalue weighted by molar-refractivity contribution is 5.97. The summed E-state index contributed by atoms with van der Waals surface area (Å²) in [7, 11) is 0. The number of rotatable bonds is 4. The predicted octanol–water partition coefficient (Wildman–Crippen LogP) is 2.62. The topological polar surface area (TPSA) is 98.8 Å². The first-order valence-electron chi connectivity index (χ1n) is 11.4. The summed E-state index contributed by atoms with van der Waals surface area (Å²) in [4.78, 5) is 33.7. The number of nitrogens with one attached hydrogen (secondary N) is 3. The third-order valence-corrected chi connectivity index (χ3v) is 7.49. The molecule has 0 bridgehead atoms. The van der Waals surface area contributed by atoms with Gasteiger partial charge in [-0.05, 0) is 47.9 Å². The zero-order valence-electron chi connectivity index (χ0n) is 18.5. The maximum absolute atomic E-state index is 13.1. The minimum Gasteiger partial charge on any atom is -0.468 e. The molecule has 2 amide bonds. The molecular formula is C23H25F3N6O3. The molecule has 186 valence electrons. The van der Waals surface area contributed by atoms with Crippen molar-refractivity contribution in [1.82, 2.24) is 20.3 Å². The summed E-state index contributed by atoms with van der Waals surface area (Å²) < 4.78 is 41.9. The van der Waals surface area contributed by atoms with Crippen molar-refractivity contribution < 1.29 is 28.9 Å². The van der Waals surface area contributed by atoms with Crippen LogP contribution in [-0.4, -0.2) is 65.6 Å². The van der Waals surface area contributed by atoms with Gasteiger partial charge in [0.2, 0.25) is 5.88 Å². The molecule has 12 heteroatoms. The second kappa shape index (κ2) is 8.01. The monoisotopic (exact) mass is 490 g/mol. The molecule has 35 heavy (non-hydrogen) atoms. The summed E-state index contributed by atoms with van der Waals surface area (Å²) in [5.74, 6) is 0.759. The number of anilines is 2. The quantitative estimate of drug-likeness (QED) is 0.606. The van der Waals surface area contributed by atoms with E-state index in [0.29, 0.717) is 55.4 Å². The number of alkyl halides is 3. The fraction of sp³-hybridized carbons (Fsp3) is 0.435. The summed E-state index contributed by atoms with van der Waals surface area (Å²) in [5.41, 5.74) is 11.1. The van der Waals surface area contributed by atoms with Gasteiger partial charge in [-0.25, -0.2) is 4.98 Å². The number of carbonyl (C=O) groups excluding carboxylic acids is 2. The number of fused-ring (bicyclic) bond motifs is 5. The lowest BCUT2D eigenvalue weighted by atomic mass is 9.60. The Labute approximate surface area is 200 Å². The van der Waals surface area contributed by atoms with E-state index in [1.165, 1.54) is 18.2 Å². The molecule has 2 aromatic rings. The molecule has 1 aliphatic carbocycles. The zero-order chi connectivity index (χ0) is 24.3. The summed E-state index contributed by atoms with van der Waals surface area (Å²) in [6.45, 7) is 0.976. The lowest BCUT2D eigenvalue weighted by Crippen LogP contribution is -2.44. The standard InChI is InChI=1S/C23H23F3N6O3.H2/c24-23(25,26)11-35-20-3-1-2-18(27-20)22(34)32-9-15-13-7-31(8-14(13)16(15)10-32)21(33)12-4-5-17-19(6-12)29-30-28-17;/h1-6,13-16,28-30H,7-11H2;1H/t13-,14+,15+,16?;/m1./s1. The predicted molar refractivity (Wildman–Crippen MR) is 120 cm³/mol. The Hall–Kier alpha value is -3.54. The minimum atomic E-state index is -4.48. The fourth-order valence-electron chi connectivity index (χ4n) is 5.88. The Morgan fingerprint density at radius 2 is 1.57 bits per heavy atom. The highest BCUT2D eigenvalue weighted by Crippen LogP contribution is 2.54. The van der Waals surface area contributed by atoms with Crippen LogP contribution in [0.1, 0.15) is 22.3 Å². The lowest BCUT2D eigenvalue weighted by Gasteiger charge is -2.42. The van der Waals surface area contributed by atoms with Crippen LogP contribution in [0.25, 0.3) is 0 Å². The van der Waals surface area contributed by atoms with E-state index in [9.17, 15) is 22.8 Å². The van der Waals surface area contributed by atoms with Gasteiger partial charge in [-0.2, -0.15) is 13.2 Å². The number of hydrazine groups is 2. The Balaban J connectivity index is 0.00000267. The number of hydrogen-bond donors (Lipinski definition) is 3. The van der Waals surface area contributed by atoms with Gasteiger partial charge < -0.3 is 25.4 Å². The molecule has 4 heterocycles. The number of ether oxygens (including phenoxy) is 1. The first-order chi connectivity index (χ1) is 16.8. The van der Waals surface area contributed by atoms with Crippen LogP contribution in [0.2, 0.25) is 0 Å². The molecule has 1 saturated carbocycles. The third-order valence-electron chi connectivity index (χ3n) is 7.49. The van der Waals surface area contributed by atoms with Crippen molar-refractivity contribution in [3.63, 3.8) is 0 Å². The van der Waals surface area contributed by atoms with Crippen molar-refractivity contribution in [2.75, 3.05) is 43.6 Å². The molecule has 3 N–H and O–H groups in total. The highest BCUT2D eigenvalue weighted by atomic mass is 19.4. The Morgan fingerprint density at radius 3 is 2.23 bits per heavy atom. The van der Waals surface area contributed by atoms with Crippen LogP contribution in [0.4, 0.5) is 24.5 Å². The van der Waals surface area contributed by atoms with Gasteiger partial charge in [-0.15, -0.1) is 5.53 Å². The number of amides is 2. The van der Waals surface area contributed by atoms with Gasteiger partial charge >= 0.3 is 6.18 Å². The average molecular weight is 490 g/mol. The van der Waals surface area contributed by atoms with E-state index >= 15 is 0 Å². The molecule has 3 aliphatic heterocycles. The van der Waals surface area contributed by atoms with Crippen molar-refractivity contribution in [3.05, 3.63) is 47.7 Å². The number of carbonyl (C=O) groups is 2. The second-order valence-corrected chi connectivity index (χ2v) is 9.48. The number of hydrogen-bond acceptors (Lipinski definition) is 7. The van der Waals surface area contributed by atoms with Gasteiger partial charge in [0.1, 0.15) is 5.69 Å². The van der Waals surface area contributed by atoms with Gasteiger partial charge in [0.15, 0.2) is 6.61 Å². The number of likely N-dealkylation sites (tertiary alicyclic amines) is 2. The molecule has 1 aromatic carbocycles. The Bertz CT molecular complexity index is 1180. The van der Waals surface area contributed by atoms with E-state index < -0.39 is 12.8 Å². The van der Waals surface area contributed by atoms with Gasteiger partial charge in [0, 0.05) is 39.2 Å². The summed E-state index contributed by atoms with van der Waals surface area (Å²) >= 11 is 0. The minimum absolute atomic E-state index is 0. The van der Waals surface area contributed by atoms with Crippen molar-refractivity contribution in [3.8, 4) is 5.88 Å². The largest absolute Gasteiger partial charge is 0.468 e. The lowest BCUT2D eigenvalue weighted by molar-refractivity contribution is -0.154. The number of nitrogens with zero attached hydrogens (tertiary/aromatic N) is 3. The first kappa shape index (κ1) is 22.0. The van der Waals surface area contributed by atoms with Crippen molar-refractivity contribution in [1.29, 1.82) is 0 Å². The van der Waals surface area contributed by atoms with E-state index in [1.54, 1.807) is 4.90 Å². The van der Waals surface area contributed by atoms with Gasteiger partial charge in [0.25, 0.3) is 11.8 Å². The van der Waals surface area contributed by atoms with Gasteiger partial charge in [-0.1, -0.05) is 6.07 Å². The third kappa shape index (κ3) is 3.91. The molecule has 1 aromatic heterocycles. The molecule has 4 aliphatic rings. The van der Waals surface area contributed by atoms with Crippen molar-refractivity contribution in [2.45, 2.75) is 6.18 Å². The summed E-state index contributed by atoms with van der Waals surface area (Å²) in [6.07, 6.45) is -4.48. The van der Waals surface area contributed by atoms with E-state index in [4.69, 9.17) is 0 Å². The molecule has 6 rings (SSSR count). The first-order valence-corrected chi connectivity index (χ1v) is 11.4. The van der Waals surface area contributed by atoms with E-state index in [0.717, 1.165) is 11.4 Å². The van der Waals surface area contributed by atoms with Gasteiger partial charge in [-0.3, -0.25) is 9.59 Å². The van der Waals surface area contributed by atoms with Crippen molar-refractivity contribution >= 4 is 23.2 Å². The number of pyridine rings is 1. The molecule has 3 fully saturated rings. The van der Waals surface area contributed by atoms with Crippen molar-refractivity contribution in [2.24, 2.45) is 23.7 Å². The van der Waals surface area contributed by atoms with E-state index in [1.807, 2.05) is 23.1 Å². The fourth-order valence-corrected chi connectivity index (χ4v) is 5.88. The Morgan fingerprint density at radius 1 is 0.943 bits per heavy atom. The van der Waals surface area contributed by atoms with Crippen LogP contribution in [0.5, 0.6) is 5.88 Å². The Kier molecular flexibility index (Phi) is 5.02. The number of benzene rings is 1. The maximum Gasteiger partial charge on any atom is 0.422 e. The molecular weight excluding hydrogens is 465 g/mol. The summed E-state index contributed by atoms with van der Waals surface area (Å²) in [5, 5.41) is 0. The number of aromatic nitrogens is 1. The van der Waals surface area contributed by atoms with Crippen LogP contribution in [0.3, 0.4) is 0 Å². The van der Waals surface area contributed by atoms with Crippen LogP contribution in [0, 0.1) is 23.7 Å². The SMILES string of the molecule is O=C(c1ccc2c(c1)NNN2)N1C[C@@H]2[C@H](C1)C1CN(C(=O)c3cccc(OCC(F)(F)F)n3)C[C@H]12.[HH]. The zero-order valence-corrected chi connectivity index (χ0v) is 18.5. The highest BCUT2D eigenvalue weighted by Gasteiger charge is 2.59. The van der Waals surface area contributed by atoms with Crippen LogP contribution in [0.15, 0.2) is 36.4 Å². The summed E-state index contributed by atoms with van der Waals surface area (Å²) in [6, 6.07) is 9.75. The normalized spacial score (nSPS) is 26.3. The van der Waals surface area contributed by atoms with Crippen LogP contribution >= 0.6 is 0 Å². The molecule has 1 unspecified atom stereocenters. The van der Waals surface area contributed by atoms with Crippen LogP contribution < -0.4 is 21.1 Å². The second-order valence-electron chi connectivity index (χ2n) is 9.48.